The van der Waals surface area contributed by atoms with Crippen LogP contribution in [0.3, 0.4) is 0 Å². The van der Waals surface area contributed by atoms with Gasteiger partial charge in [0, 0.05) is 11.8 Å². The van der Waals surface area contributed by atoms with Crippen LogP contribution in [0.4, 0.5) is 0 Å². The van der Waals surface area contributed by atoms with E-state index in [1.165, 1.54) is 12.8 Å². The monoisotopic (exact) mass is 180 g/mol. The molecule has 2 atom stereocenters. The first-order chi connectivity index (χ1) is 6.02. The fraction of sp³-hybridized carbons (Fsp3) is 0.917. The Morgan fingerprint density at radius 1 is 1.46 bits per heavy atom. The van der Waals surface area contributed by atoms with E-state index in [1.807, 2.05) is 0 Å². The molecule has 3 aliphatic rings. The summed E-state index contributed by atoms with van der Waals surface area (Å²) in [7, 11) is 0. The molecule has 2 bridgehead atoms. The second-order valence-electron chi connectivity index (χ2n) is 5.56. The first kappa shape index (κ1) is 9.23. The summed E-state index contributed by atoms with van der Waals surface area (Å²) < 4.78 is 0. The van der Waals surface area contributed by atoms with Gasteiger partial charge >= 0.3 is 0 Å². The first-order valence-corrected chi connectivity index (χ1v) is 5.55. The molecule has 0 aliphatic heterocycles. The Hall–Kier alpha value is -0.330. The van der Waals surface area contributed by atoms with E-state index in [4.69, 9.17) is 0 Å². The highest BCUT2D eigenvalue weighted by atomic mass is 16.1. The van der Waals surface area contributed by atoms with Crippen molar-refractivity contribution in [3.63, 3.8) is 0 Å². The number of carbonyl (C=O) groups is 1. The van der Waals surface area contributed by atoms with E-state index in [0.29, 0.717) is 11.7 Å². The van der Waals surface area contributed by atoms with E-state index < -0.39 is 0 Å². The predicted octanol–water partition coefficient (Wildman–Crippen LogP) is 3.18. The largest absolute Gasteiger partial charge is 0.299 e. The van der Waals surface area contributed by atoms with Crippen LogP contribution in [-0.2, 0) is 4.79 Å². The Kier molecular flexibility index (Phi) is 1.84. The Labute approximate surface area is 80.9 Å². The summed E-state index contributed by atoms with van der Waals surface area (Å²) in [4.78, 5) is 12.0. The van der Waals surface area contributed by atoms with Gasteiger partial charge in [0.1, 0.15) is 5.78 Å². The molecule has 0 radical (unpaired) electrons. The van der Waals surface area contributed by atoms with E-state index in [0.717, 1.165) is 19.3 Å². The first-order valence-electron chi connectivity index (χ1n) is 5.55. The van der Waals surface area contributed by atoms with Crippen LogP contribution in [0, 0.1) is 16.7 Å². The zero-order chi connectivity index (χ0) is 9.69. The Balaban J connectivity index is 2.40. The molecular weight excluding hydrogens is 160 g/mol. The van der Waals surface area contributed by atoms with E-state index in [2.05, 4.69) is 20.8 Å². The molecule has 1 heteroatoms. The van der Waals surface area contributed by atoms with Crippen LogP contribution >= 0.6 is 0 Å². The highest BCUT2D eigenvalue weighted by Crippen LogP contribution is 2.60. The van der Waals surface area contributed by atoms with E-state index in [9.17, 15) is 4.79 Å². The average Bonchev–Trinajstić information content (AvgIpc) is 2.02. The van der Waals surface area contributed by atoms with Crippen LogP contribution in [0.15, 0.2) is 0 Å². The van der Waals surface area contributed by atoms with Gasteiger partial charge in [-0.2, -0.15) is 0 Å². The summed E-state index contributed by atoms with van der Waals surface area (Å²) in [6, 6.07) is 0. The van der Waals surface area contributed by atoms with Gasteiger partial charge in [-0.25, -0.2) is 0 Å². The quantitative estimate of drug-likeness (QED) is 0.605. The molecule has 0 spiro atoms. The standard InChI is InChI=1S/C12H20O/c1-4-12-6-5-9(7-10(12)13)8-11(12,2)3/h9H,4-8H2,1-3H3. The van der Waals surface area contributed by atoms with Crippen molar-refractivity contribution >= 4 is 5.78 Å². The Morgan fingerprint density at radius 3 is 2.54 bits per heavy atom. The molecule has 3 saturated carbocycles. The van der Waals surface area contributed by atoms with Gasteiger partial charge < -0.3 is 0 Å². The third-order valence-corrected chi connectivity index (χ3v) is 4.69. The molecular formula is C12H20O. The topological polar surface area (TPSA) is 17.1 Å². The summed E-state index contributed by atoms with van der Waals surface area (Å²) in [5.41, 5.74) is 0.307. The molecule has 0 saturated heterocycles. The van der Waals surface area contributed by atoms with Crippen molar-refractivity contribution < 1.29 is 4.79 Å². The zero-order valence-electron chi connectivity index (χ0n) is 9.02. The number of carbonyl (C=O) groups excluding carboxylic acids is 1. The lowest BCUT2D eigenvalue weighted by atomic mass is 9.47. The van der Waals surface area contributed by atoms with Crippen LogP contribution in [0.1, 0.15) is 52.9 Å². The van der Waals surface area contributed by atoms with Gasteiger partial charge in [-0.05, 0) is 37.0 Å². The number of rotatable bonds is 1. The fourth-order valence-electron chi connectivity index (χ4n) is 3.81. The summed E-state index contributed by atoms with van der Waals surface area (Å²) >= 11 is 0. The highest BCUT2D eigenvalue weighted by Gasteiger charge is 2.56. The summed E-state index contributed by atoms with van der Waals surface area (Å²) in [5.74, 6) is 1.26. The molecule has 3 aliphatic carbocycles. The van der Waals surface area contributed by atoms with Gasteiger partial charge in [0.05, 0.1) is 0 Å². The highest BCUT2D eigenvalue weighted by molar-refractivity contribution is 5.87. The zero-order valence-corrected chi connectivity index (χ0v) is 9.02. The van der Waals surface area contributed by atoms with Gasteiger partial charge in [0.25, 0.3) is 0 Å². The maximum absolute atomic E-state index is 12.0. The van der Waals surface area contributed by atoms with Crippen molar-refractivity contribution in [2.75, 3.05) is 0 Å². The molecule has 0 heterocycles. The van der Waals surface area contributed by atoms with Gasteiger partial charge in [-0.1, -0.05) is 20.8 Å². The number of Topliss-reactive ketones (excluding diaryl/α,β-unsaturated/α-hetero) is 1. The maximum Gasteiger partial charge on any atom is 0.139 e. The molecule has 0 aromatic heterocycles. The van der Waals surface area contributed by atoms with Crippen LogP contribution in [0.2, 0.25) is 0 Å². The molecule has 0 N–H and O–H groups in total. The number of hydrogen-bond donors (Lipinski definition) is 0. The molecule has 0 aromatic carbocycles. The minimum Gasteiger partial charge on any atom is -0.299 e. The van der Waals surface area contributed by atoms with Crippen molar-refractivity contribution in [1.82, 2.24) is 0 Å². The van der Waals surface area contributed by atoms with Crippen molar-refractivity contribution in [3.8, 4) is 0 Å². The van der Waals surface area contributed by atoms with Crippen LogP contribution in [0.5, 0.6) is 0 Å². The normalized spacial score (nSPS) is 42.4. The van der Waals surface area contributed by atoms with E-state index >= 15 is 0 Å². The lowest BCUT2D eigenvalue weighted by molar-refractivity contribution is -0.153. The molecule has 2 unspecified atom stereocenters. The van der Waals surface area contributed by atoms with Crippen molar-refractivity contribution in [2.24, 2.45) is 16.7 Å². The van der Waals surface area contributed by atoms with Gasteiger partial charge in [-0.3, -0.25) is 4.79 Å². The molecule has 0 aromatic rings. The molecule has 1 nitrogen and oxygen atoms in total. The smallest absolute Gasteiger partial charge is 0.139 e. The minimum atomic E-state index is 0.0434. The fourth-order valence-corrected chi connectivity index (χ4v) is 3.81. The second kappa shape index (κ2) is 2.59. The van der Waals surface area contributed by atoms with Crippen LogP contribution < -0.4 is 0 Å². The Bertz CT molecular complexity index is 242. The van der Waals surface area contributed by atoms with E-state index in [-0.39, 0.29) is 10.8 Å². The number of hydrogen-bond acceptors (Lipinski definition) is 1. The molecule has 13 heavy (non-hydrogen) atoms. The minimum absolute atomic E-state index is 0.0434. The Morgan fingerprint density at radius 2 is 2.15 bits per heavy atom. The third kappa shape index (κ3) is 1.02. The van der Waals surface area contributed by atoms with Crippen LogP contribution in [0.25, 0.3) is 0 Å². The summed E-state index contributed by atoms with van der Waals surface area (Å²) in [6.07, 6.45) is 5.64. The summed E-state index contributed by atoms with van der Waals surface area (Å²) in [6.45, 7) is 6.77. The van der Waals surface area contributed by atoms with Gasteiger partial charge in [0.15, 0.2) is 0 Å². The van der Waals surface area contributed by atoms with E-state index in [1.54, 1.807) is 0 Å². The molecule has 3 fully saturated rings. The maximum atomic E-state index is 12.0. The lowest BCUT2D eigenvalue weighted by Crippen LogP contribution is -2.53. The van der Waals surface area contributed by atoms with Crippen LogP contribution in [-0.4, -0.2) is 5.78 Å². The van der Waals surface area contributed by atoms with Gasteiger partial charge in [-0.15, -0.1) is 0 Å². The lowest BCUT2D eigenvalue weighted by Gasteiger charge is -2.56. The molecule has 3 rings (SSSR count). The van der Waals surface area contributed by atoms with Crippen molar-refractivity contribution in [3.05, 3.63) is 0 Å². The predicted molar refractivity (Wildman–Crippen MR) is 53.5 cm³/mol. The SMILES string of the molecule is CCC12CCC(CC1=O)CC2(C)C. The molecule has 74 valence electrons. The number of ketones is 1. The average molecular weight is 180 g/mol. The van der Waals surface area contributed by atoms with Crippen molar-refractivity contribution in [1.29, 1.82) is 0 Å². The second-order valence-corrected chi connectivity index (χ2v) is 5.56. The third-order valence-electron chi connectivity index (χ3n) is 4.69. The number of fused-ring (bicyclic) bond motifs is 3. The molecule has 0 amide bonds. The van der Waals surface area contributed by atoms with Gasteiger partial charge in [0.2, 0.25) is 0 Å². The van der Waals surface area contributed by atoms with Crippen molar-refractivity contribution in [2.45, 2.75) is 52.9 Å². The summed E-state index contributed by atoms with van der Waals surface area (Å²) in [5, 5.41) is 0.